The fraction of sp³-hybridized carbons (Fsp3) is 0.538. The number of benzene rings is 1. The highest BCUT2D eigenvalue weighted by Crippen LogP contribution is 2.15. The van der Waals surface area contributed by atoms with Crippen molar-refractivity contribution >= 4 is 31.9 Å². The van der Waals surface area contributed by atoms with E-state index in [1.54, 1.807) is 0 Å². The summed E-state index contributed by atoms with van der Waals surface area (Å²) >= 11 is 6.66. The highest BCUT2D eigenvalue weighted by molar-refractivity contribution is 9.10. The Balaban J connectivity index is 2.14. The van der Waals surface area contributed by atoms with Gasteiger partial charge in [0.25, 0.3) is 0 Å². The third kappa shape index (κ3) is 6.53. The van der Waals surface area contributed by atoms with E-state index in [1.807, 2.05) is 12.1 Å². The SMILES string of the molecule is Fc1cc(Br)ccc1CNCCCCCCBr. The topological polar surface area (TPSA) is 12.0 Å². The number of nitrogens with one attached hydrogen (secondary N) is 1. The molecule has 0 saturated heterocycles. The van der Waals surface area contributed by atoms with Gasteiger partial charge in [-0.05, 0) is 31.5 Å². The standard InChI is InChI=1S/C13H18Br2FN/c14-7-3-1-2-4-8-17-10-11-5-6-12(15)9-13(11)16/h5-6,9,17H,1-4,7-8,10H2. The third-order valence-electron chi connectivity index (χ3n) is 2.57. The molecule has 0 aromatic heterocycles. The Morgan fingerprint density at radius 1 is 1.12 bits per heavy atom. The normalized spacial score (nSPS) is 10.8. The second-order valence-electron chi connectivity index (χ2n) is 4.02. The Morgan fingerprint density at radius 2 is 1.88 bits per heavy atom. The van der Waals surface area contributed by atoms with E-state index in [-0.39, 0.29) is 5.82 Å². The number of alkyl halides is 1. The summed E-state index contributed by atoms with van der Waals surface area (Å²) < 4.78 is 14.2. The third-order valence-corrected chi connectivity index (χ3v) is 3.62. The predicted octanol–water partition coefficient (Wildman–Crippen LogP) is 4.63. The van der Waals surface area contributed by atoms with Crippen LogP contribution in [-0.2, 0) is 6.54 Å². The van der Waals surface area contributed by atoms with Gasteiger partial charge >= 0.3 is 0 Å². The van der Waals surface area contributed by atoms with Crippen molar-refractivity contribution in [3.05, 3.63) is 34.1 Å². The van der Waals surface area contributed by atoms with Crippen molar-refractivity contribution in [3.63, 3.8) is 0 Å². The Hall–Kier alpha value is 0.0700. The maximum Gasteiger partial charge on any atom is 0.128 e. The van der Waals surface area contributed by atoms with Crippen molar-refractivity contribution in [3.8, 4) is 0 Å². The molecule has 1 aromatic carbocycles. The summed E-state index contributed by atoms with van der Waals surface area (Å²) in [5.74, 6) is -0.147. The van der Waals surface area contributed by atoms with Crippen LogP contribution in [0.25, 0.3) is 0 Å². The van der Waals surface area contributed by atoms with E-state index in [0.717, 1.165) is 28.3 Å². The highest BCUT2D eigenvalue weighted by Gasteiger charge is 2.01. The van der Waals surface area contributed by atoms with Gasteiger partial charge in [-0.2, -0.15) is 0 Å². The van der Waals surface area contributed by atoms with Crippen molar-refractivity contribution in [1.82, 2.24) is 5.32 Å². The molecule has 0 aliphatic carbocycles. The molecule has 0 heterocycles. The maximum absolute atomic E-state index is 13.5. The van der Waals surface area contributed by atoms with Gasteiger partial charge in [0.05, 0.1) is 0 Å². The van der Waals surface area contributed by atoms with Gasteiger partial charge < -0.3 is 5.32 Å². The predicted molar refractivity (Wildman–Crippen MR) is 78.1 cm³/mol. The molecule has 4 heteroatoms. The molecule has 0 unspecified atom stereocenters. The first-order chi connectivity index (χ1) is 8.24. The molecule has 0 saturated carbocycles. The molecule has 0 spiro atoms. The summed E-state index contributed by atoms with van der Waals surface area (Å²) in [5, 5.41) is 4.36. The maximum atomic E-state index is 13.5. The molecule has 0 bridgehead atoms. The van der Waals surface area contributed by atoms with Crippen LogP contribution in [0.15, 0.2) is 22.7 Å². The van der Waals surface area contributed by atoms with E-state index < -0.39 is 0 Å². The Kier molecular flexibility index (Phi) is 8.06. The largest absolute Gasteiger partial charge is 0.313 e. The van der Waals surface area contributed by atoms with E-state index in [2.05, 4.69) is 37.2 Å². The molecule has 1 nitrogen and oxygen atoms in total. The van der Waals surface area contributed by atoms with Crippen LogP contribution in [-0.4, -0.2) is 11.9 Å². The first-order valence-electron chi connectivity index (χ1n) is 5.94. The smallest absolute Gasteiger partial charge is 0.128 e. The summed E-state index contributed by atoms with van der Waals surface area (Å²) in [4.78, 5) is 0. The van der Waals surface area contributed by atoms with E-state index in [9.17, 15) is 4.39 Å². The highest BCUT2D eigenvalue weighted by atomic mass is 79.9. The molecule has 96 valence electrons. The van der Waals surface area contributed by atoms with Gasteiger partial charge in [0.1, 0.15) is 5.82 Å². The van der Waals surface area contributed by atoms with Crippen LogP contribution < -0.4 is 5.32 Å². The molecule has 0 aliphatic heterocycles. The number of halogens is 3. The lowest BCUT2D eigenvalue weighted by Gasteiger charge is -2.06. The van der Waals surface area contributed by atoms with Gasteiger partial charge in [0, 0.05) is 21.9 Å². The summed E-state index contributed by atoms with van der Waals surface area (Å²) in [6.45, 7) is 1.56. The molecule has 0 fully saturated rings. The first-order valence-corrected chi connectivity index (χ1v) is 7.86. The zero-order chi connectivity index (χ0) is 12.5. The van der Waals surface area contributed by atoms with E-state index in [4.69, 9.17) is 0 Å². The van der Waals surface area contributed by atoms with Gasteiger partial charge in [0.2, 0.25) is 0 Å². The quantitative estimate of drug-likeness (QED) is 0.522. The fourth-order valence-electron chi connectivity index (χ4n) is 1.59. The van der Waals surface area contributed by atoms with E-state index in [1.165, 1.54) is 25.3 Å². The molecule has 0 atom stereocenters. The van der Waals surface area contributed by atoms with E-state index >= 15 is 0 Å². The summed E-state index contributed by atoms with van der Waals surface area (Å²) in [7, 11) is 0. The van der Waals surface area contributed by atoms with E-state index in [0.29, 0.717) is 6.54 Å². The second kappa shape index (κ2) is 9.06. The van der Waals surface area contributed by atoms with Gasteiger partial charge in [-0.1, -0.05) is 50.8 Å². The zero-order valence-corrected chi connectivity index (χ0v) is 13.0. The molecule has 1 aromatic rings. The van der Waals surface area contributed by atoms with Crippen LogP contribution in [0.3, 0.4) is 0 Å². The Morgan fingerprint density at radius 3 is 2.59 bits per heavy atom. The molecule has 0 aliphatic rings. The first kappa shape index (κ1) is 15.1. The van der Waals surface area contributed by atoms with Crippen LogP contribution in [0, 0.1) is 5.82 Å². The fourth-order valence-corrected chi connectivity index (χ4v) is 2.32. The second-order valence-corrected chi connectivity index (χ2v) is 5.72. The van der Waals surface area contributed by atoms with Gasteiger partial charge in [-0.3, -0.25) is 0 Å². The number of rotatable bonds is 8. The lowest BCUT2D eigenvalue weighted by Crippen LogP contribution is -2.15. The summed E-state index contributed by atoms with van der Waals surface area (Å²) in [6, 6.07) is 5.19. The summed E-state index contributed by atoms with van der Waals surface area (Å²) in [5.41, 5.74) is 0.730. The van der Waals surface area contributed by atoms with Gasteiger partial charge in [0.15, 0.2) is 0 Å². The Bertz CT molecular complexity index is 331. The van der Waals surface area contributed by atoms with Gasteiger partial charge in [-0.25, -0.2) is 4.39 Å². The average molecular weight is 367 g/mol. The lowest BCUT2D eigenvalue weighted by atomic mass is 10.2. The molecular weight excluding hydrogens is 349 g/mol. The van der Waals surface area contributed by atoms with Crippen molar-refractivity contribution in [2.75, 3.05) is 11.9 Å². The molecule has 1 rings (SSSR count). The number of unbranched alkanes of at least 4 members (excludes halogenated alkanes) is 3. The monoisotopic (exact) mass is 365 g/mol. The van der Waals surface area contributed by atoms with Crippen molar-refractivity contribution in [2.45, 2.75) is 32.2 Å². The summed E-state index contributed by atoms with van der Waals surface area (Å²) in [6.07, 6.45) is 4.90. The molecule has 17 heavy (non-hydrogen) atoms. The minimum Gasteiger partial charge on any atom is -0.313 e. The van der Waals surface area contributed by atoms with Crippen LogP contribution in [0.2, 0.25) is 0 Å². The minimum absolute atomic E-state index is 0.147. The van der Waals surface area contributed by atoms with Crippen LogP contribution in [0.1, 0.15) is 31.2 Å². The van der Waals surface area contributed by atoms with Crippen molar-refractivity contribution < 1.29 is 4.39 Å². The minimum atomic E-state index is -0.147. The number of hydrogen-bond donors (Lipinski definition) is 1. The van der Waals surface area contributed by atoms with Crippen LogP contribution >= 0.6 is 31.9 Å². The molecule has 1 N–H and O–H groups in total. The van der Waals surface area contributed by atoms with Gasteiger partial charge in [-0.15, -0.1) is 0 Å². The van der Waals surface area contributed by atoms with Crippen LogP contribution in [0.4, 0.5) is 4.39 Å². The number of hydrogen-bond acceptors (Lipinski definition) is 1. The Labute approximate surface area is 119 Å². The van der Waals surface area contributed by atoms with Crippen LogP contribution in [0.5, 0.6) is 0 Å². The van der Waals surface area contributed by atoms with Crippen molar-refractivity contribution in [1.29, 1.82) is 0 Å². The lowest BCUT2D eigenvalue weighted by molar-refractivity contribution is 0.567. The molecular formula is C13H18Br2FN. The zero-order valence-electron chi connectivity index (χ0n) is 9.82. The van der Waals surface area contributed by atoms with Crippen molar-refractivity contribution in [2.24, 2.45) is 0 Å². The average Bonchev–Trinajstić information content (AvgIpc) is 2.30. The molecule has 0 radical (unpaired) electrons. The molecule has 0 amide bonds.